The lowest BCUT2D eigenvalue weighted by molar-refractivity contribution is -0.915. The van der Waals surface area contributed by atoms with Gasteiger partial charge in [-0.2, -0.15) is 0 Å². The molecule has 2 aliphatic heterocycles. The first-order valence-electron chi connectivity index (χ1n) is 8.93. The Kier molecular flexibility index (Phi) is 4.38. The van der Waals surface area contributed by atoms with Gasteiger partial charge in [-0.05, 0) is 30.7 Å². The van der Waals surface area contributed by atoms with Gasteiger partial charge in [0.25, 0.3) is 5.91 Å². The van der Waals surface area contributed by atoms with Gasteiger partial charge in [0.05, 0.1) is 38.3 Å². The summed E-state index contributed by atoms with van der Waals surface area (Å²) >= 11 is 0. The van der Waals surface area contributed by atoms with Gasteiger partial charge in [-0.15, -0.1) is 0 Å². The molecule has 7 heteroatoms. The predicted octanol–water partition coefficient (Wildman–Crippen LogP) is -0.178. The number of nitrogens with zero attached hydrogens (tertiary/aromatic N) is 4. The van der Waals surface area contributed by atoms with Gasteiger partial charge in [-0.1, -0.05) is 12.1 Å². The number of carbonyl (C=O) groups excluding carboxylic acids is 2. The van der Waals surface area contributed by atoms with Crippen LogP contribution in [0.1, 0.15) is 12.0 Å². The molecule has 0 bridgehead atoms. The van der Waals surface area contributed by atoms with E-state index in [4.69, 9.17) is 0 Å². The van der Waals surface area contributed by atoms with Crippen molar-refractivity contribution in [2.24, 2.45) is 0 Å². The lowest BCUT2D eigenvalue weighted by Crippen LogP contribution is -3.19. The second-order valence-corrected chi connectivity index (χ2v) is 6.86. The minimum atomic E-state index is -0.290. The van der Waals surface area contributed by atoms with Gasteiger partial charge in [0.1, 0.15) is 0 Å². The van der Waals surface area contributed by atoms with E-state index in [1.807, 2.05) is 31.2 Å². The topological polar surface area (TPSA) is 70.8 Å². The number of aryl methyl sites for hydroxylation is 1. The van der Waals surface area contributed by atoms with Crippen LogP contribution in [0.15, 0.2) is 42.7 Å². The molecule has 7 nitrogen and oxygen atoms in total. The zero-order valence-electron chi connectivity index (χ0n) is 14.8. The third-order valence-corrected chi connectivity index (χ3v) is 5.14. The highest BCUT2D eigenvalue weighted by molar-refractivity contribution is 6.21. The van der Waals surface area contributed by atoms with Gasteiger partial charge in [0.2, 0.25) is 11.9 Å². The van der Waals surface area contributed by atoms with Crippen molar-refractivity contribution in [3.63, 3.8) is 0 Å². The number of amides is 2. The second-order valence-electron chi connectivity index (χ2n) is 6.86. The average molecular weight is 352 g/mol. The SMILES string of the molecule is Cc1cccc(N2C(=O)C[C@H]([NH+]3CCN(c4ncccn4)CC3)C2=O)c1. The Morgan fingerprint density at radius 1 is 1.08 bits per heavy atom. The zero-order valence-corrected chi connectivity index (χ0v) is 14.8. The molecule has 1 atom stereocenters. The van der Waals surface area contributed by atoms with Gasteiger partial charge in [-0.3, -0.25) is 9.59 Å². The maximum absolute atomic E-state index is 12.9. The highest BCUT2D eigenvalue weighted by atomic mass is 16.2. The lowest BCUT2D eigenvalue weighted by atomic mass is 10.1. The van der Waals surface area contributed by atoms with Crippen molar-refractivity contribution >= 4 is 23.5 Å². The number of benzene rings is 1. The van der Waals surface area contributed by atoms with Crippen molar-refractivity contribution in [2.45, 2.75) is 19.4 Å². The standard InChI is InChI=1S/C19H21N5O2/c1-14-4-2-5-15(12-14)24-17(25)13-16(18(24)26)22-8-10-23(11-9-22)19-20-6-3-7-21-19/h2-7,12,16H,8-11,13H2,1H3/p+1/t16-/m0/s1. The van der Waals surface area contributed by atoms with E-state index >= 15 is 0 Å². The van der Waals surface area contributed by atoms with Crippen LogP contribution in [0.3, 0.4) is 0 Å². The predicted molar refractivity (Wildman–Crippen MR) is 97.0 cm³/mol. The minimum Gasteiger partial charge on any atom is -0.330 e. The molecule has 3 heterocycles. The minimum absolute atomic E-state index is 0.0833. The van der Waals surface area contributed by atoms with Crippen LogP contribution in [0.4, 0.5) is 11.6 Å². The van der Waals surface area contributed by atoms with Gasteiger partial charge in [-0.25, -0.2) is 14.9 Å². The quantitative estimate of drug-likeness (QED) is 0.776. The monoisotopic (exact) mass is 352 g/mol. The van der Waals surface area contributed by atoms with Crippen molar-refractivity contribution in [3.05, 3.63) is 48.3 Å². The summed E-state index contributed by atoms with van der Waals surface area (Å²) in [6, 6.07) is 9.06. The molecule has 0 aliphatic carbocycles. The van der Waals surface area contributed by atoms with E-state index in [0.717, 1.165) is 37.7 Å². The summed E-state index contributed by atoms with van der Waals surface area (Å²) in [6.07, 6.45) is 3.75. The van der Waals surface area contributed by atoms with Crippen LogP contribution < -0.4 is 14.7 Å². The number of quaternary nitrogens is 1. The van der Waals surface area contributed by atoms with E-state index in [1.54, 1.807) is 18.5 Å². The molecule has 2 saturated heterocycles. The lowest BCUT2D eigenvalue weighted by Gasteiger charge is -2.34. The maximum atomic E-state index is 12.9. The summed E-state index contributed by atoms with van der Waals surface area (Å²) in [5, 5.41) is 0. The summed E-state index contributed by atoms with van der Waals surface area (Å²) < 4.78 is 0. The number of hydrogen-bond acceptors (Lipinski definition) is 5. The van der Waals surface area contributed by atoms with Crippen molar-refractivity contribution in [3.8, 4) is 0 Å². The molecule has 1 aromatic heterocycles. The van der Waals surface area contributed by atoms with Gasteiger partial charge in [0.15, 0.2) is 6.04 Å². The molecule has 2 amide bonds. The molecule has 2 fully saturated rings. The van der Waals surface area contributed by atoms with Gasteiger partial charge >= 0.3 is 0 Å². The van der Waals surface area contributed by atoms with Crippen LogP contribution in [0.2, 0.25) is 0 Å². The summed E-state index contributed by atoms with van der Waals surface area (Å²) in [5.41, 5.74) is 1.72. The average Bonchev–Trinajstić information content (AvgIpc) is 2.97. The number of hydrogen-bond donors (Lipinski definition) is 1. The molecule has 134 valence electrons. The van der Waals surface area contributed by atoms with Crippen LogP contribution in [-0.2, 0) is 9.59 Å². The zero-order chi connectivity index (χ0) is 18.1. The normalized spacial score (nSPS) is 21.5. The van der Waals surface area contributed by atoms with Crippen LogP contribution in [0.5, 0.6) is 0 Å². The molecule has 2 aliphatic rings. The van der Waals surface area contributed by atoms with Crippen LogP contribution in [0, 0.1) is 6.92 Å². The second kappa shape index (κ2) is 6.84. The summed E-state index contributed by atoms with van der Waals surface area (Å²) in [4.78, 5) is 38.7. The maximum Gasteiger partial charge on any atom is 0.292 e. The first-order chi connectivity index (χ1) is 12.6. The molecule has 0 radical (unpaired) electrons. The molecule has 26 heavy (non-hydrogen) atoms. The smallest absolute Gasteiger partial charge is 0.292 e. The van der Waals surface area contributed by atoms with E-state index < -0.39 is 0 Å². The molecule has 0 unspecified atom stereocenters. The Balaban J connectivity index is 1.45. The van der Waals surface area contributed by atoms with E-state index in [9.17, 15) is 9.59 Å². The number of imide groups is 1. The van der Waals surface area contributed by atoms with Crippen molar-refractivity contribution in [2.75, 3.05) is 36.0 Å². The fraction of sp³-hybridized carbons (Fsp3) is 0.368. The number of aromatic nitrogens is 2. The Labute approximate surface area is 152 Å². The van der Waals surface area contributed by atoms with Crippen molar-refractivity contribution < 1.29 is 14.5 Å². The fourth-order valence-electron chi connectivity index (χ4n) is 3.79. The van der Waals surface area contributed by atoms with E-state index in [2.05, 4.69) is 14.9 Å². The number of rotatable bonds is 3. The van der Waals surface area contributed by atoms with Crippen LogP contribution >= 0.6 is 0 Å². The van der Waals surface area contributed by atoms with Crippen LogP contribution in [-0.4, -0.2) is 54.0 Å². The highest BCUT2D eigenvalue weighted by Crippen LogP contribution is 2.23. The summed E-state index contributed by atoms with van der Waals surface area (Å²) in [6.45, 7) is 5.11. The fourth-order valence-corrected chi connectivity index (χ4v) is 3.79. The molecular weight excluding hydrogens is 330 g/mol. The first-order valence-corrected chi connectivity index (χ1v) is 8.93. The van der Waals surface area contributed by atoms with E-state index in [-0.39, 0.29) is 24.3 Å². The highest BCUT2D eigenvalue weighted by Gasteiger charge is 2.46. The molecule has 4 rings (SSSR count). The van der Waals surface area contributed by atoms with Crippen LogP contribution in [0.25, 0.3) is 0 Å². The Bertz CT molecular complexity index is 818. The van der Waals surface area contributed by atoms with Crippen molar-refractivity contribution in [1.82, 2.24) is 9.97 Å². The third-order valence-electron chi connectivity index (χ3n) is 5.14. The molecular formula is C19H22N5O2+. The molecule has 1 N–H and O–H groups in total. The largest absolute Gasteiger partial charge is 0.330 e. The summed E-state index contributed by atoms with van der Waals surface area (Å²) in [7, 11) is 0. The molecule has 0 saturated carbocycles. The van der Waals surface area contributed by atoms with Gasteiger partial charge in [0, 0.05) is 12.4 Å². The number of anilines is 2. The molecule has 2 aromatic rings. The Hall–Kier alpha value is -2.80. The van der Waals surface area contributed by atoms with Crippen molar-refractivity contribution in [1.29, 1.82) is 0 Å². The third kappa shape index (κ3) is 3.06. The summed E-state index contributed by atoms with van der Waals surface area (Å²) in [5.74, 6) is 0.536. The number of nitrogens with one attached hydrogen (secondary N) is 1. The Morgan fingerprint density at radius 2 is 1.81 bits per heavy atom. The molecule has 1 aromatic carbocycles. The number of carbonyl (C=O) groups is 2. The number of piperazine rings is 1. The first kappa shape index (κ1) is 16.7. The van der Waals surface area contributed by atoms with E-state index in [1.165, 1.54) is 9.80 Å². The van der Waals surface area contributed by atoms with Gasteiger partial charge < -0.3 is 9.80 Å². The molecule has 0 spiro atoms. The van der Waals surface area contributed by atoms with E-state index in [0.29, 0.717) is 5.69 Å². The Morgan fingerprint density at radius 3 is 2.50 bits per heavy atom.